The molecule has 30 heavy (non-hydrogen) atoms. The Bertz CT molecular complexity index is 712. The van der Waals surface area contributed by atoms with Crippen molar-refractivity contribution in [2.75, 3.05) is 33.4 Å². The van der Waals surface area contributed by atoms with Gasteiger partial charge in [-0.05, 0) is 25.3 Å². The predicted molar refractivity (Wildman–Crippen MR) is 98.4 cm³/mol. The number of carboxylic acids is 1. The highest BCUT2D eigenvalue weighted by Gasteiger charge is 2.41. The average molecular weight is 436 g/mol. The summed E-state index contributed by atoms with van der Waals surface area (Å²) in [4.78, 5) is 23.4. The number of carbonyl (C=O) groups is 2. The number of rotatable bonds is 6. The van der Waals surface area contributed by atoms with Crippen LogP contribution < -0.4 is 5.32 Å². The Balaban J connectivity index is 0.000000396. The Kier molecular flexibility index (Phi) is 8.62. The van der Waals surface area contributed by atoms with Crippen LogP contribution in [0.15, 0.2) is 12.4 Å². The number of nitrogens with zero attached hydrogens (tertiary/aromatic N) is 3. The molecule has 2 saturated heterocycles. The second-order valence-corrected chi connectivity index (χ2v) is 7.29. The lowest BCUT2D eigenvalue weighted by atomic mass is 9.91. The normalized spacial score (nSPS) is 24.0. The number of likely N-dealkylation sites (tertiary alicyclic amines) is 1. The van der Waals surface area contributed by atoms with E-state index in [9.17, 15) is 18.0 Å². The van der Waals surface area contributed by atoms with Gasteiger partial charge in [0.25, 0.3) is 0 Å². The number of alkyl halides is 3. The Hall–Kier alpha value is -2.18. The monoisotopic (exact) mass is 436 g/mol. The third-order valence-electron chi connectivity index (χ3n) is 4.94. The molecule has 1 amide bonds. The molecular formula is C18H27F3N4O5. The van der Waals surface area contributed by atoms with Crippen LogP contribution in [0.5, 0.6) is 0 Å². The van der Waals surface area contributed by atoms with Gasteiger partial charge in [0.1, 0.15) is 6.10 Å². The number of ether oxygens (including phenoxy) is 2. The van der Waals surface area contributed by atoms with Crippen LogP contribution in [-0.2, 0) is 32.7 Å². The Morgan fingerprint density at radius 2 is 2.13 bits per heavy atom. The molecule has 3 heterocycles. The van der Waals surface area contributed by atoms with Crippen molar-refractivity contribution in [2.45, 2.75) is 37.8 Å². The van der Waals surface area contributed by atoms with Gasteiger partial charge in [0.05, 0.1) is 18.9 Å². The highest BCUT2D eigenvalue weighted by atomic mass is 19.4. The molecule has 0 radical (unpaired) electrons. The summed E-state index contributed by atoms with van der Waals surface area (Å²) in [5.74, 6) is -2.26. The van der Waals surface area contributed by atoms with E-state index >= 15 is 0 Å². The van der Waals surface area contributed by atoms with Crippen molar-refractivity contribution in [1.82, 2.24) is 20.0 Å². The predicted octanol–water partition coefficient (Wildman–Crippen LogP) is 0.795. The summed E-state index contributed by atoms with van der Waals surface area (Å²) in [7, 11) is 3.56. The Labute approximate surface area is 172 Å². The second-order valence-electron chi connectivity index (χ2n) is 7.29. The lowest BCUT2D eigenvalue weighted by Crippen LogP contribution is -2.42. The van der Waals surface area contributed by atoms with E-state index < -0.39 is 12.1 Å². The molecule has 0 unspecified atom stereocenters. The number of halogens is 3. The third-order valence-corrected chi connectivity index (χ3v) is 4.94. The number of aryl methyl sites for hydroxylation is 1. The maximum Gasteiger partial charge on any atom is 0.490 e. The number of amides is 1. The molecule has 0 aliphatic carbocycles. The number of aromatic nitrogens is 2. The summed E-state index contributed by atoms with van der Waals surface area (Å²) in [5, 5.41) is 14.2. The maximum absolute atomic E-state index is 12.1. The molecule has 0 spiro atoms. The average Bonchev–Trinajstić information content (AvgIpc) is 3.27. The number of carboxylic acid groups (broad SMARTS) is 1. The minimum Gasteiger partial charge on any atom is -0.475 e. The van der Waals surface area contributed by atoms with Gasteiger partial charge in [0.15, 0.2) is 0 Å². The Morgan fingerprint density at radius 1 is 1.43 bits per heavy atom. The smallest absolute Gasteiger partial charge is 0.475 e. The summed E-state index contributed by atoms with van der Waals surface area (Å²) in [5.41, 5.74) is 1.22. The number of carbonyl (C=O) groups excluding carboxylic acids is 1. The number of hydrogen-bond donors (Lipinski definition) is 2. The van der Waals surface area contributed by atoms with Gasteiger partial charge in [-0.15, -0.1) is 0 Å². The molecule has 1 aromatic rings. The van der Waals surface area contributed by atoms with Gasteiger partial charge < -0.3 is 19.9 Å². The van der Waals surface area contributed by atoms with Crippen LogP contribution in [-0.4, -0.2) is 83.4 Å². The van der Waals surface area contributed by atoms with Crippen LogP contribution in [0.3, 0.4) is 0 Å². The highest BCUT2D eigenvalue weighted by Crippen LogP contribution is 2.33. The van der Waals surface area contributed by atoms with E-state index in [4.69, 9.17) is 19.4 Å². The summed E-state index contributed by atoms with van der Waals surface area (Å²) in [6.45, 7) is 3.91. The van der Waals surface area contributed by atoms with Crippen molar-refractivity contribution in [3.8, 4) is 0 Å². The third kappa shape index (κ3) is 7.26. The van der Waals surface area contributed by atoms with E-state index in [1.807, 2.05) is 24.1 Å². The fraction of sp³-hybridized carbons (Fsp3) is 0.722. The molecule has 2 aliphatic heterocycles. The molecule has 170 valence electrons. The molecule has 12 heteroatoms. The number of methoxy groups -OCH3 is 1. The van der Waals surface area contributed by atoms with E-state index in [-0.39, 0.29) is 18.1 Å². The van der Waals surface area contributed by atoms with E-state index in [1.165, 1.54) is 5.56 Å². The van der Waals surface area contributed by atoms with Gasteiger partial charge >= 0.3 is 12.1 Å². The van der Waals surface area contributed by atoms with Crippen molar-refractivity contribution in [1.29, 1.82) is 0 Å². The Morgan fingerprint density at radius 3 is 2.70 bits per heavy atom. The molecule has 0 aromatic carbocycles. The fourth-order valence-corrected chi connectivity index (χ4v) is 3.51. The van der Waals surface area contributed by atoms with Crippen molar-refractivity contribution in [3.63, 3.8) is 0 Å². The molecule has 1 aromatic heterocycles. The van der Waals surface area contributed by atoms with Crippen LogP contribution in [0, 0.1) is 5.92 Å². The first-order valence-electron chi connectivity index (χ1n) is 9.52. The minimum absolute atomic E-state index is 0.00439. The molecule has 9 nitrogen and oxygen atoms in total. The van der Waals surface area contributed by atoms with Crippen LogP contribution in [0.4, 0.5) is 13.2 Å². The summed E-state index contributed by atoms with van der Waals surface area (Å²) < 4.78 is 44.5. The quantitative estimate of drug-likeness (QED) is 0.636. The largest absolute Gasteiger partial charge is 0.490 e. The van der Waals surface area contributed by atoms with Crippen molar-refractivity contribution < 1.29 is 37.3 Å². The van der Waals surface area contributed by atoms with E-state index in [2.05, 4.69) is 15.3 Å². The number of hydrogen-bond acceptors (Lipinski definition) is 6. The van der Waals surface area contributed by atoms with Gasteiger partial charge in [0.2, 0.25) is 5.91 Å². The summed E-state index contributed by atoms with van der Waals surface area (Å²) in [6.07, 6.45) is 0.664. The zero-order valence-corrected chi connectivity index (χ0v) is 16.9. The number of aliphatic carboxylic acids is 1. The standard InChI is InChI=1S/C16H26N4O3.C2HF3O2/c1-19-9-12(8-18-19)10-20-5-3-13-7-14(23-15(13)11-20)16(21)17-4-6-22-2;3-2(4,5)1(6)7/h8-9,13-15H,3-7,10-11H2,1-2H3,(H,17,21);(H,6,7)/t13-,14+,15+;/m0./s1. The zero-order chi connectivity index (χ0) is 22.3. The molecule has 2 aliphatic rings. The van der Waals surface area contributed by atoms with Crippen molar-refractivity contribution >= 4 is 11.9 Å². The molecule has 2 fully saturated rings. The van der Waals surface area contributed by atoms with Crippen molar-refractivity contribution in [2.24, 2.45) is 13.0 Å². The summed E-state index contributed by atoms with van der Waals surface area (Å²) in [6, 6.07) is 0. The van der Waals surface area contributed by atoms with E-state index in [0.29, 0.717) is 19.1 Å². The summed E-state index contributed by atoms with van der Waals surface area (Å²) >= 11 is 0. The van der Waals surface area contributed by atoms with Crippen LogP contribution in [0.25, 0.3) is 0 Å². The van der Waals surface area contributed by atoms with E-state index in [0.717, 1.165) is 32.5 Å². The lowest BCUT2D eigenvalue weighted by Gasteiger charge is -2.33. The first kappa shape index (κ1) is 24.1. The molecule has 3 rings (SSSR count). The van der Waals surface area contributed by atoms with Gasteiger partial charge in [-0.1, -0.05) is 0 Å². The second kappa shape index (κ2) is 10.7. The van der Waals surface area contributed by atoms with Gasteiger partial charge in [-0.3, -0.25) is 14.4 Å². The molecular weight excluding hydrogens is 409 g/mol. The first-order chi connectivity index (χ1) is 14.1. The van der Waals surface area contributed by atoms with Crippen LogP contribution in [0.1, 0.15) is 18.4 Å². The van der Waals surface area contributed by atoms with E-state index in [1.54, 1.807) is 7.11 Å². The number of nitrogens with one attached hydrogen (secondary N) is 1. The van der Waals surface area contributed by atoms with Crippen molar-refractivity contribution in [3.05, 3.63) is 18.0 Å². The number of piperidine rings is 1. The molecule has 0 bridgehead atoms. The van der Waals surface area contributed by atoms with Crippen LogP contribution in [0.2, 0.25) is 0 Å². The zero-order valence-electron chi connectivity index (χ0n) is 16.9. The van der Waals surface area contributed by atoms with Crippen LogP contribution >= 0.6 is 0 Å². The minimum atomic E-state index is -5.08. The topological polar surface area (TPSA) is 106 Å². The number of fused-ring (bicyclic) bond motifs is 1. The highest BCUT2D eigenvalue weighted by molar-refractivity contribution is 5.81. The van der Waals surface area contributed by atoms with Gasteiger partial charge in [-0.25, -0.2) is 4.79 Å². The molecule has 0 saturated carbocycles. The first-order valence-corrected chi connectivity index (χ1v) is 9.52. The lowest BCUT2D eigenvalue weighted by molar-refractivity contribution is -0.192. The molecule has 3 atom stereocenters. The SMILES string of the molecule is COCCNC(=O)[C@H]1C[C@@H]2CCN(Cc3cnn(C)c3)C[C@H]2O1.O=C(O)C(F)(F)F. The van der Waals surface area contributed by atoms with Gasteiger partial charge in [-0.2, -0.15) is 18.3 Å². The molecule has 2 N–H and O–H groups in total. The fourth-order valence-electron chi connectivity index (χ4n) is 3.51. The van der Waals surface area contributed by atoms with Gasteiger partial charge in [0, 0.05) is 45.6 Å². The maximum atomic E-state index is 12.1.